The molecule has 1 aliphatic heterocycles. The van der Waals surface area contributed by atoms with Crippen molar-refractivity contribution in [2.75, 3.05) is 17.2 Å². The molecule has 150 valence electrons. The SMILES string of the molecule is C[C@@H]1Oc2ccccc2N(CCSc2nnc(C[C@H](C)c3ccccc3)o2)C1=O. The van der Waals surface area contributed by atoms with Crippen LogP contribution in [0.2, 0.25) is 0 Å². The Kier molecular flexibility index (Phi) is 5.85. The van der Waals surface area contributed by atoms with Crippen LogP contribution in [0.15, 0.2) is 64.2 Å². The number of para-hydroxylation sites is 2. The highest BCUT2D eigenvalue weighted by Crippen LogP contribution is 2.34. The highest BCUT2D eigenvalue weighted by molar-refractivity contribution is 7.99. The van der Waals surface area contributed by atoms with Gasteiger partial charge in [0.2, 0.25) is 5.89 Å². The average Bonchev–Trinajstić information content (AvgIpc) is 3.18. The van der Waals surface area contributed by atoms with Gasteiger partial charge in [0.1, 0.15) is 5.75 Å². The lowest BCUT2D eigenvalue weighted by Gasteiger charge is -2.32. The van der Waals surface area contributed by atoms with E-state index in [0.29, 0.717) is 35.7 Å². The van der Waals surface area contributed by atoms with Crippen LogP contribution >= 0.6 is 11.8 Å². The van der Waals surface area contributed by atoms with E-state index in [9.17, 15) is 4.79 Å². The lowest BCUT2D eigenvalue weighted by Crippen LogP contribution is -2.45. The fraction of sp³-hybridized carbons (Fsp3) is 0.318. The Bertz CT molecular complexity index is 976. The van der Waals surface area contributed by atoms with Crippen LogP contribution in [0, 0.1) is 0 Å². The number of benzene rings is 2. The highest BCUT2D eigenvalue weighted by Gasteiger charge is 2.30. The molecule has 2 aromatic carbocycles. The minimum Gasteiger partial charge on any atom is -0.479 e. The molecule has 0 bridgehead atoms. The molecule has 7 heteroatoms. The molecule has 0 N–H and O–H groups in total. The summed E-state index contributed by atoms with van der Waals surface area (Å²) in [6.07, 6.45) is 0.217. The first-order valence-corrected chi connectivity index (χ1v) is 10.7. The van der Waals surface area contributed by atoms with Gasteiger partial charge in [-0.1, -0.05) is 61.2 Å². The molecule has 1 aromatic heterocycles. The third-order valence-electron chi connectivity index (χ3n) is 4.91. The van der Waals surface area contributed by atoms with Gasteiger partial charge in [-0.15, -0.1) is 10.2 Å². The summed E-state index contributed by atoms with van der Waals surface area (Å²) in [7, 11) is 0. The molecule has 0 radical (unpaired) electrons. The van der Waals surface area contributed by atoms with Gasteiger partial charge in [-0.3, -0.25) is 4.79 Å². The van der Waals surface area contributed by atoms with Crippen molar-refractivity contribution >= 4 is 23.4 Å². The second kappa shape index (κ2) is 8.69. The van der Waals surface area contributed by atoms with Crippen molar-refractivity contribution in [2.45, 2.75) is 37.5 Å². The molecule has 4 rings (SSSR count). The van der Waals surface area contributed by atoms with Crippen LogP contribution in [0.1, 0.15) is 31.2 Å². The van der Waals surface area contributed by atoms with Gasteiger partial charge >= 0.3 is 0 Å². The zero-order valence-corrected chi connectivity index (χ0v) is 17.3. The Morgan fingerprint density at radius 2 is 1.86 bits per heavy atom. The van der Waals surface area contributed by atoms with Crippen LogP contribution in [0.25, 0.3) is 0 Å². The van der Waals surface area contributed by atoms with E-state index in [-0.39, 0.29) is 5.91 Å². The lowest BCUT2D eigenvalue weighted by molar-refractivity contribution is -0.125. The highest BCUT2D eigenvalue weighted by atomic mass is 32.2. The van der Waals surface area contributed by atoms with Crippen LogP contribution in [0.5, 0.6) is 5.75 Å². The Labute approximate surface area is 174 Å². The largest absolute Gasteiger partial charge is 0.479 e. The molecule has 0 unspecified atom stereocenters. The quantitative estimate of drug-likeness (QED) is 0.541. The van der Waals surface area contributed by atoms with Crippen LogP contribution in [-0.4, -0.2) is 34.5 Å². The zero-order chi connectivity index (χ0) is 20.2. The van der Waals surface area contributed by atoms with E-state index in [2.05, 4.69) is 29.3 Å². The number of nitrogens with zero attached hydrogens (tertiary/aromatic N) is 3. The summed E-state index contributed by atoms with van der Waals surface area (Å²) >= 11 is 1.46. The summed E-state index contributed by atoms with van der Waals surface area (Å²) in [4.78, 5) is 14.3. The maximum absolute atomic E-state index is 12.5. The van der Waals surface area contributed by atoms with Crippen molar-refractivity contribution in [2.24, 2.45) is 0 Å². The molecule has 2 atom stereocenters. The predicted molar refractivity (Wildman–Crippen MR) is 112 cm³/mol. The van der Waals surface area contributed by atoms with Crippen molar-refractivity contribution in [1.29, 1.82) is 0 Å². The van der Waals surface area contributed by atoms with Gasteiger partial charge < -0.3 is 14.1 Å². The third-order valence-corrected chi connectivity index (χ3v) is 5.71. The van der Waals surface area contributed by atoms with Crippen LogP contribution < -0.4 is 9.64 Å². The van der Waals surface area contributed by atoms with Crippen molar-refractivity contribution < 1.29 is 13.9 Å². The standard InChI is InChI=1S/C22H23N3O3S/c1-15(17-8-4-3-5-9-17)14-20-23-24-22(28-20)29-13-12-25-18-10-6-7-11-19(18)27-16(2)21(25)26/h3-11,15-16H,12-14H2,1-2H3/t15-,16-/m0/s1. The Hall–Kier alpha value is -2.80. The van der Waals surface area contributed by atoms with Crippen molar-refractivity contribution in [3.05, 3.63) is 66.1 Å². The third kappa shape index (κ3) is 4.45. The van der Waals surface area contributed by atoms with Crippen molar-refractivity contribution in [3.8, 4) is 5.75 Å². The molecule has 3 aromatic rings. The lowest BCUT2D eigenvalue weighted by atomic mass is 9.98. The number of rotatable bonds is 7. The Morgan fingerprint density at radius 1 is 1.10 bits per heavy atom. The molecule has 29 heavy (non-hydrogen) atoms. The first-order chi connectivity index (χ1) is 14.1. The monoisotopic (exact) mass is 409 g/mol. The van der Waals surface area contributed by atoms with E-state index in [0.717, 1.165) is 11.4 Å². The number of anilines is 1. The van der Waals surface area contributed by atoms with Crippen molar-refractivity contribution in [3.63, 3.8) is 0 Å². The van der Waals surface area contributed by atoms with Crippen LogP contribution in [0.4, 0.5) is 5.69 Å². The molecule has 2 heterocycles. The molecule has 0 fully saturated rings. The molecule has 1 aliphatic rings. The molecule has 0 saturated carbocycles. The summed E-state index contributed by atoms with van der Waals surface area (Å²) in [5.41, 5.74) is 2.05. The summed E-state index contributed by atoms with van der Waals surface area (Å²) in [5, 5.41) is 8.84. The zero-order valence-electron chi connectivity index (χ0n) is 16.4. The van der Waals surface area contributed by atoms with Gasteiger partial charge in [0.15, 0.2) is 6.10 Å². The normalized spacial score (nSPS) is 17.0. The number of ether oxygens (including phenoxy) is 1. The number of hydrogen-bond acceptors (Lipinski definition) is 6. The van der Waals surface area contributed by atoms with Gasteiger partial charge in [0.25, 0.3) is 11.1 Å². The molecule has 0 saturated heterocycles. The number of fused-ring (bicyclic) bond motifs is 1. The van der Waals surface area contributed by atoms with Gasteiger partial charge in [-0.05, 0) is 30.5 Å². The second-order valence-electron chi connectivity index (χ2n) is 7.04. The predicted octanol–water partition coefficient (Wildman–Crippen LogP) is 4.32. The smallest absolute Gasteiger partial charge is 0.276 e. The number of hydrogen-bond donors (Lipinski definition) is 0. The average molecular weight is 410 g/mol. The first kappa shape index (κ1) is 19.5. The fourth-order valence-corrected chi connectivity index (χ4v) is 4.06. The van der Waals surface area contributed by atoms with E-state index in [1.54, 1.807) is 11.8 Å². The summed E-state index contributed by atoms with van der Waals surface area (Å²) in [6.45, 7) is 4.47. The summed E-state index contributed by atoms with van der Waals surface area (Å²) < 4.78 is 11.5. The molecule has 0 spiro atoms. The molecule has 6 nitrogen and oxygen atoms in total. The number of amides is 1. The number of thioether (sulfide) groups is 1. The van der Waals surface area contributed by atoms with Crippen molar-refractivity contribution in [1.82, 2.24) is 10.2 Å². The van der Waals surface area contributed by atoms with Crippen LogP contribution in [-0.2, 0) is 11.2 Å². The number of carbonyl (C=O) groups is 1. The van der Waals surface area contributed by atoms with E-state index >= 15 is 0 Å². The maximum atomic E-state index is 12.5. The fourth-order valence-electron chi connectivity index (χ4n) is 3.35. The molecule has 0 aliphatic carbocycles. The summed E-state index contributed by atoms with van der Waals surface area (Å²) in [5.74, 6) is 2.29. The minimum atomic E-state index is -0.482. The topological polar surface area (TPSA) is 68.5 Å². The molecule has 1 amide bonds. The Balaban J connectivity index is 1.34. The van der Waals surface area contributed by atoms with E-state index in [1.807, 2.05) is 42.5 Å². The van der Waals surface area contributed by atoms with Gasteiger partial charge in [-0.25, -0.2) is 0 Å². The second-order valence-corrected chi connectivity index (χ2v) is 8.09. The van der Waals surface area contributed by atoms with E-state index < -0.39 is 6.10 Å². The van der Waals surface area contributed by atoms with E-state index in [4.69, 9.17) is 9.15 Å². The number of aromatic nitrogens is 2. The van der Waals surface area contributed by atoms with E-state index in [1.165, 1.54) is 17.3 Å². The Morgan fingerprint density at radius 3 is 2.69 bits per heavy atom. The number of carbonyl (C=O) groups excluding carboxylic acids is 1. The maximum Gasteiger partial charge on any atom is 0.276 e. The van der Waals surface area contributed by atoms with Gasteiger partial charge in [-0.2, -0.15) is 0 Å². The molecular weight excluding hydrogens is 386 g/mol. The van der Waals surface area contributed by atoms with Gasteiger partial charge in [0, 0.05) is 18.7 Å². The minimum absolute atomic E-state index is 0.0350. The van der Waals surface area contributed by atoms with Gasteiger partial charge in [0.05, 0.1) is 5.69 Å². The molecular formula is C22H23N3O3S. The van der Waals surface area contributed by atoms with Crippen LogP contribution in [0.3, 0.4) is 0 Å². The summed E-state index contributed by atoms with van der Waals surface area (Å²) in [6, 6.07) is 17.9. The first-order valence-electron chi connectivity index (χ1n) is 9.69.